The predicted molar refractivity (Wildman–Crippen MR) is 76.8 cm³/mol. The lowest BCUT2D eigenvalue weighted by atomic mass is 10.1. The second-order valence-electron chi connectivity index (χ2n) is 5.39. The zero-order chi connectivity index (χ0) is 15.6. The maximum absolute atomic E-state index is 13.2. The van der Waals surface area contributed by atoms with Crippen LogP contribution >= 0.6 is 0 Å². The number of nitrogens with one attached hydrogen (secondary N) is 1. The van der Waals surface area contributed by atoms with Crippen molar-refractivity contribution < 1.29 is 17.5 Å². The molecule has 0 radical (unpaired) electrons. The van der Waals surface area contributed by atoms with Crippen LogP contribution in [0.3, 0.4) is 0 Å². The minimum Gasteiger partial charge on any atom is -0.375 e. The number of ether oxygens (including phenoxy) is 1. The van der Waals surface area contributed by atoms with E-state index in [1.165, 1.54) is 12.1 Å². The van der Waals surface area contributed by atoms with E-state index < -0.39 is 21.4 Å². The Bertz CT molecular complexity index is 559. The highest BCUT2D eigenvalue weighted by molar-refractivity contribution is 7.89. The van der Waals surface area contributed by atoms with E-state index >= 15 is 0 Å². The Morgan fingerprint density at radius 2 is 1.75 bits per heavy atom. The minimum atomic E-state index is -3.69. The third-order valence-corrected chi connectivity index (χ3v) is 4.62. The monoisotopic (exact) mass is 303 g/mol. The van der Waals surface area contributed by atoms with Gasteiger partial charge >= 0.3 is 0 Å². The first-order chi connectivity index (χ1) is 9.09. The van der Waals surface area contributed by atoms with Gasteiger partial charge in [0.15, 0.2) is 0 Å². The lowest BCUT2D eigenvalue weighted by Gasteiger charge is -2.25. The van der Waals surface area contributed by atoms with Crippen LogP contribution in [0.2, 0.25) is 0 Å². The molecule has 0 aliphatic carbocycles. The highest BCUT2D eigenvalue weighted by atomic mass is 32.2. The van der Waals surface area contributed by atoms with Gasteiger partial charge in [0.25, 0.3) is 0 Å². The smallest absolute Gasteiger partial charge is 0.241 e. The van der Waals surface area contributed by atoms with Crippen molar-refractivity contribution >= 4 is 10.0 Å². The first kappa shape index (κ1) is 17.1. The molecule has 0 spiro atoms. The molecule has 0 bridgehead atoms. The Morgan fingerprint density at radius 3 is 2.20 bits per heavy atom. The van der Waals surface area contributed by atoms with E-state index in [9.17, 15) is 12.8 Å². The fourth-order valence-corrected chi connectivity index (χ4v) is 3.75. The Kier molecular flexibility index (Phi) is 5.29. The van der Waals surface area contributed by atoms with E-state index in [0.29, 0.717) is 17.7 Å². The van der Waals surface area contributed by atoms with Crippen molar-refractivity contribution in [2.75, 3.05) is 13.2 Å². The molecule has 114 valence electrons. The van der Waals surface area contributed by atoms with Crippen LogP contribution < -0.4 is 4.72 Å². The number of aryl methyl sites for hydroxylation is 2. The number of hydrogen-bond donors (Lipinski definition) is 1. The normalized spacial score (nSPS) is 12.7. The zero-order valence-electron chi connectivity index (χ0n) is 12.6. The topological polar surface area (TPSA) is 55.4 Å². The third-order valence-electron chi connectivity index (χ3n) is 2.92. The number of sulfonamides is 1. The Hall–Kier alpha value is -0.980. The molecule has 0 unspecified atom stereocenters. The molecule has 0 atom stereocenters. The molecule has 0 heterocycles. The molecule has 1 aromatic carbocycles. The molecule has 0 fully saturated rings. The molecule has 0 saturated heterocycles. The minimum absolute atomic E-state index is 0.131. The summed E-state index contributed by atoms with van der Waals surface area (Å²) in [5, 5.41) is 0. The van der Waals surface area contributed by atoms with Gasteiger partial charge in [-0.25, -0.2) is 17.5 Å². The molecule has 0 amide bonds. The van der Waals surface area contributed by atoms with Gasteiger partial charge in [-0.2, -0.15) is 0 Å². The van der Waals surface area contributed by atoms with Crippen molar-refractivity contribution in [2.24, 2.45) is 0 Å². The summed E-state index contributed by atoms with van der Waals surface area (Å²) in [7, 11) is -3.69. The lowest BCUT2D eigenvalue weighted by Crippen LogP contribution is -2.40. The van der Waals surface area contributed by atoms with E-state index in [-0.39, 0.29) is 11.4 Å². The summed E-state index contributed by atoms with van der Waals surface area (Å²) in [6.07, 6.45) is 0. The summed E-state index contributed by atoms with van der Waals surface area (Å²) in [5.41, 5.74) is 0.192. The van der Waals surface area contributed by atoms with Gasteiger partial charge in [-0.1, -0.05) is 0 Å². The van der Waals surface area contributed by atoms with Gasteiger partial charge in [0.1, 0.15) is 5.82 Å². The Morgan fingerprint density at radius 1 is 1.25 bits per heavy atom. The van der Waals surface area contributed by atoms with Crippen LogP contribution in [0.15, 0.2) is 17.0 Å². The number of benzene rings is 1. The van der Waals surface area contributed by atoms with Gasteiger partial charge in [-0.3, -0.25) is 0 Å². The van der Waals surface area contributed by atoms with Crippen molar-refractivity contribution in [3.63, 3.8) is 0 Å². The maximum atomic E-state index is 13.2. The molecule has 4 nitrogen and oxygen atoms in total. The van der Waals surface area contributed by atoms with Crippen molar-refractivity contribution in [1.29, 1.82) is 0 Å². The molecular formula is C14H22FNO3S. The standard InChI is InChI=1S/C14H22FNO3S/c1-6-19-14(4,5)9-16-20(17,18)13-10(2)7-12(15)8-11(13)3/h7-8,16H,6,9H2,1-5H3. The highest BCUT2D eigenvalue weighted by Crippen LogP contribution is 2.21. The molecule has 0 aromatic heterocycles. The molecule has 0 aliphatic rings. The first-order valence-corrected chi connectivity index (χ1v) is 7.98. The fourth-order valence-electron chi connectivity index (χ4n) is 2.10. The van der Waals surface area contributed by atoms with Crippen LogP contribution in [0.25, 0.3) is 0 Å². The van der Waals surface area contributed by atoms with Gasteiger partial charge in [0.2, 0.25) is 10.0 Å². The molecule has 20 heavy (non-hydrogen) atoms. The van der Waals surface area contributed by atoms with Crippen molar-refractivity contribution in [3.8, 4) is 0 Å². The van der Waals surface area contributed by atoms with Gasteiger partial charge in [0.05, 0.1) is 10.5 Å². The molecule has 1 N–H and O–H groups in total. The molecule has 0 saturated carbocycles. The molecule has 0 aliphatic heterocycles. The van der Waals surface area contributed by atoms with E-state index in [0.717, 1.165) is 0 Å². The van der Waals surface area contributed by atoms with Crippen LogP contribution in [-0.4, -0.2) is 27.2 Å². The summed E-state index contributed by atoms with van der Waals surface area (Å²) < 4.78 is 45.9. The summed E-state index contributed by atoms with van der Waals surface area (Å²) in [5.74, 6) is -0.436. The van der Waals surface area contributed by atoms with Crippen LogP contribution in [0, 0.1) is 19.7 Å². The van der Waals surface area contributed by atoms with Gasteiger partial charge in [-0.05, 0) is 57.9 Å². The number of hydrogen-bond acceptors (Lipinski definition) is 3. The summed E-state index contributed by atoms with van der Waals surface area (Å²) >= 11 is 0. The van der Waals surface area contributed by atoms with E-state index in [4.69, 9.17) is 4.74 Å². The lowest BCUT2D eigenvalue weighted by molar-refractivity contribution is -0.00515. The Balaban J connectivity index is 3.01. The number of rotatable bonds is 6. The average Bonchev–Trinajstić information content (AvgIpc) is 2.24. The predicted octanol–water partition coefficient (Wildman–Crippen LogP) is 2.54. The van der Waals surface area contributed by atoms with Gasteiger partial charge < -0.3 is 4.74 Å². The third kappa shape index (κ3) is 4.26. The largest absolute Gasteiger partial charge is 0.375 e. The average molecular weight is 303 g/mol. The number of halogens is 1. The van der Waals surface area contributed by atoms with E-state index in [1.54, 1.807) is 13.8 Å². The Labute approximate surface area is 120 Å². The van der Waals surface area contributed by atoms with Crippen LogP contribution in [0.4, 0.5) is 4.39 Å². The van der Waals surface area contributed by atoms with Gasteiger partial charge in [0, 0.05) is 13.2 Å². The van der Waals surface area contributed by atoms with Crippen molar-refractivity contribution in [3.05, 3.63) is 29.1 Å². The molecular weight excluding hydrogens is 281 g/mol. The van der Waals surface area contributed by atoms with E-state index in [1.807, 2.05) is 20.8 Å². The summed E-state index contributed by atoms with van der Waals surface area (Å²) in [6, 6.07) is 2.44. The fraction of sp³-hybridized carbons (Fsp3) is 0.571. The van der Waals surface area contributed by atoms with Crippen LogP contribution in [0.1, 0.15) is 31.9 Å². The molecule has 1 rings (SSSR count). The van der Waals surface area contributed by atoms with Crippen LogP contribution in [-0.2, 0) is 14.8 Å². The molecule has 1 aromatic rings. The van der Waals surface area contributed by atoms with E-state index in [2.05, 4.69) is 4.72 Å². The van der Waals surface area contributed by atoms with Crippen molar-refractivity contribution in [1.82, 2.24) is 4.72 Å². The quantitative estimate of drug-likeness (QED) is 0.878. The second-order valence-corrected chi connectivity index (χ2v) is 7.09. The first-order valence-electron chi connectivity index (χ1n) is 6.49. The summed E-state index contributed by atoms with van der Waals surface area (Å²) in [6.45, 7) is 9.29. The SMILES string of the molecule is CCOC(C)(C)CNS(=O)(=O)c1c(C)cc(F)cc1C. The van der Waals surface area contributed by atoms with Gasteiger partial charge in [-0.15, -0.1) is 0 Å². The zero-order valence-corrected chi connectivity index (χ0v) is 13.4. The highest BCUT2D eigenvalue weighted by Gasteiger charge is 2.25. The summed E-state index contributed by atoms with van der Waals surface area (Å²) in [4.78, 5) is 0.131. The second kappa shape index (κ2) is 6.20. The maximum Gasteiger partial charge on any atom is 0.241 e. The molecule has 6 heteroatoms. The van der Waals surface area contributed by atoms with Crippen LogP contribution in [0.5, 0.6) is 0 Å². The van der Waals surface area contributed by atoms with Crippen molar-refractivity contribution in [2.45, 2.75) is 45.1 Å².